The summed E-state index contributed by atoms with van der Waals surface area (Å²) in [7, 11) is 0. The van der Waals surface area contributed by atoms with Crippen molar-refractivity contribution in [3.8, 4) is 5.75 Å². The van der Waals surface area contributed by atoms with Crippen molar-refractivity contribution in [2.24, 2.45) is 5.92 Å². The van der Waals surface area contributed by atoms with Crippen LogP contribution in [0.2, 0.25) is 5.02 Å². The average Bonchev–Trinajstić information content (AvgIpc) is 2.93. The molecule has 0 aliphatic heterocycles. The highest BCUT2D eigenvalue weighted by atomic mass is 35.5. The molecule has 1 saturated carbocycles. The van der Waals surface area contributed by atoms with Crippen LogP contribution in [0.3, 0.4) is 0 Å². The second-order valence-electron chi connectivity index (χ2n) is 6.34. The molecule has 0 unspecified atom stereocenters. The molecule has 1 N–H and O–H groups in total. The van der Waals surface area contributed by atoms with Gasteiger partial charge in [-0.05, 0) is 37.8 Å². The number of phenolic OH excluding ortho intramolecular Hbond substituents is 1. The molecule has 0 aromatic heterocycles. The fourth-order valence-electron chi connectivity index (χ4n) is 2.99. The van der Waals surface area contributed by atoms with E-state index in [0.29, 0.717) is 17.0 Å². The van der Waals surface area contributed by atoms with E-state index in [9.17, 15) is 5.11 Å². The van der Waals surface area contributed by atoms with Crippen molar-refractivity contribution in [1.82, 2.24) is 4.90 Å². The molecule has 0 saturated heterocycles. The lowest BCUT2D eigenvalue weighted by atomic mass is 10.1. The first kappa shape index (κ1) is 15.7. The van der Waals surface area contributed by atoms with Crippen LogP contribution < -0.4 is 0 Å². The molecule has 1 fully saturated rings. The van der Waals surface area contributed by atoms with Crippen molar-refractivity contribution in [3.05, 3.63) is 28.8 Å². The quantitative estimate of drug-likeness (QED) is 0.812. The largest absolute Gasteiger partial charge is 0.506 e. The summed E-state index contributed by atoms with van der Waals surface area (Å²) < 4.78 is 0. The topological polar surface area (TPSA) is 23.5 Å². The van der Waals surface area contributed by atoms with E-state index in [1.54, 1.807) is 6.07 Å². The van der Waals surface area contributed by atoms with Crippen LogP contribution in [0.25, 0.3) is 0 Å². The zero-order chi connectivity index (χ0) is 14.5. The second-order valence-corrected chi connectivity index (χ2v) is 6.75. The molecule has 0 bridgehead atoms. The maximum absolute atomic E-state index is 10.1. The Kier molecular flexibility index (Phi) is 5.74. The van der Waals surface area contributed by atoms with Gasteiger partial charge in [0, 0.05) is 18.2 Å². The molecule has 1 aliphatic rings. The third-order valence-electron chi connectivity index (χ3n) is 4.28. The number of phenols is 1. The molecule has 1 aliphatic carbocycles. The first-order chi connectivity index (χ1) is 9.58. The smallest absolute Gasteiger partial charge is 0.138 e. The number of benzene rings is 1. The fraction of sp³-hybridized carbons (Fsp3) is 0.647. The molecule has 0 amide bonds. The zero-order valence-corrected chi connectivity index (χ0v) is 13.4. The summed E-state index contributed by atoms with van der Waals surface area (Å²) >= 11 is 6.02. The lowest BCUT2D eigenvalue weighted by Crippen LogP contribution is -2.34. The Labute approximate surface area is 127 Å². The summed E-state index contributed by atoms with van der Waals surface area (Å²) in [4.78, 5) is 2.54. The molecule has 0 spiro atoms. The highest BCUT2D eigenvalue weighted by molar-refractivity contribution is 6.32. The van der Waals surface area contributed by atoms with E-state index in [2.05, 4.69) is 18.7 Å². The van der Waals surface area contributed by atoms with E-state index in [1.807, 2.05) is 12.1 Å². The van der Waals surface area contributed by atoms with Crippen molar-refractivity contribution in [1.29, 1.82) is 0 Å². The third-order valence-corrected chi connectivity index (χ3v) is 4.58. The van der Waals surface area contributed by atoms with Crippen LogP contribution in [0.15, 0.2) is 18.2 Å². The Morgan fingerprint density at radius 2 is 2.00 bits per heavy atom. The standard InChI is InChI=1S/C17H26ClNO/c1-13(2)10-11-19(15-7-3-4-8-15)12-14-6-5-9-16(18)17(14)20/h5-6,9,13,15,20H,3-4,7-8,10-12H2,1-2H3. The summed E-state index contributed by atoms with van der Waals surface area (Å²) in [6, 6.07) is 6.33. The van der Waals surface area contributed by atoms with Crippen molar-refractivity contribution < 1.29 is 5.11 Å². The summed E-state index contributed by atoms with van der Waals surface area (Å²) in [5.74, 6) is 0.966. The number of halogens is 1. The van der Waals surface area contributed by atoms with Gasteiger partial charge in [-0.15, -0.1) is 0 Å². The maximum atomic E-state index is 10.1. The number of rotatable bonds is 6. The third kappa shape index (κ3) is 4.13. The van der Waals surface area contributed by atoms with Gasteiger partial charge < -0.3 is 5.11 Å². The van der Waals surface area contributed by atoms with Crippen LogP contribution in [0.5, 0.6) is 5.75 Å². The van der Waals surface area contributed by atoms with Crippen molar-refractivity contribution in [3.63, 3.8) is 0 Å². The molecule has 112 valence electrons. The highest BCUT2D eigenvalue weighted by Gasteiger charge is 2.23. The van der Waals surface area contributed by atoms with Crippen molar-refractivity contribution >= 4 is 11.6 Å². The average molecular weight is 296 g/mol. The van der Waals surface area contributed by atoms with E-state index in [0.717, 1.165) is 18.7 Å². The number of aromatic hydroxyl groups is 1. The summed E-state index contributed by atoms with van der Waals surface area (Å²) in [6.07, 6.45) is 6.46. The number of hydrogen-bond donors (Lipinski definition) is 1. The van der Waals surface area contributed by atoms with Crippen molar-refractivity contribution in [2.75, 3.05) is 6.54 Å². The summed E-state index contributed by atoms with van der Waals surface area (Å²) in [5.41, 5.74) is 0.952. The van der Waals surface area contributed by atoms with E-state index < -0.39 is 0 Å². The minimum atomic E-state index is 0.252. The molecule has 0 radical (unpaired) electrons. The Bertz CT molecular complexity index is 427. The van der Waals surface area contributed by atoms with Crippen LogP contribution in [-0.4, -0.2) is 22.6 Å². The van der Waals surface area contributed by atoms with E-state index in [4.69, 9.17) is 11.6 Å². The van der Waals surface area contributed by atoms with Crippen LogP contribution in [0, 0.1) is 5.92 Å². The molecule has 2 rings (SSSR count). The monoisotopic (exact) mass is 295 g/mol. The van der Waals surface area contributed by atoms with Gasteiger partial charge in [-0.1, -0.05) is 50.4 Å². The van der Waals surface area contributed by atoms with Gasteiger partial charge in [0.25, 0.3) is 0 Å². The molecule has 0 heterocycles. The number of para-hydroxylation sites is 1. The Morgan fingerprint density at radius 1 is 1.30 bits per heavy atom. The fourth-order valence-corrected chi connectivity index (χ4v) is 3.18. The van der Waals surface area contributed by atoms with Gasteiger partial charge in [0.1, 0.15) is 5.75 Å². The number of nitrogens with zero attached hydrogens (tertiary/aromatic N) is 1. The molecule has 1 aromatic carbocycles. The first-order valence-corrected chi connectivity index (χ1v) is 8.16. The lowest BCUT2D eigenvalue weighted by molar-refractivity contribution is 0.178. The van der Waals surface area contributed by atoms with Gasteiger partial charge >= 0.3 is 0 Å². The molecular formula is C17H26ClNO. The summed E-state index contributed by atoms with van der Waals surface area (Å²) in [6.45, 7) is 6.45. The van der Waals surface area contributed by atoms with E-state index in [-0.39, 0.29) is 5.75 Å². The summed E-state index contributed by atoms with van der Waals surface area (Å²) in [5, 5.41) is 10.6. The number of hydrogen-bond acceptors (Lipinski definition) is 2. The van der Waals surface area contributed by atoms with Crippen LogP contribution in [0.4, 0.5) is 0 Å². The maximum Gasteiger partial charge on any atom is 0.138 e. The predicted molar refractivity (Wildman–Crippen MR) is 85.2 cm³/mol. The van der Waals surface area contributed by atoms with Gasteiger partial charge in [0.15, 0.2) is 0 Å². The zero-order valence-electron chi connectivity index (χ0n) is 12.6. The van der Waals surface area contributed by atoms with Crippen LogP contribution in [-0.2, 0) is 6.54 Å². The van der Waals surface area contributed by atoms with Crippen LogP contribution >= 0.6 is 11.6 Å². The second kappa shape index (κ2) is 7.33. The van der Waals surface area contributed by atoms with Gasteiger partial charge in [0.2, 0.25) is 0 Å². The van der Waals surface area contributed by atoms with Crippen LogP contribution in [0.1, 0.15) is 51.5 Å². The Balaban J connectivity index is 2.07. The molecule has 0 atom stereocenters. The minimum Gasteiger partial charge on any atom is -0.506 e. The SMILES string of the molecule is CC(C)CCN(Cc1cccc(Cl)c1O)C1CCCC1. The Hall–Kier alpha value is -0.730. The minimum absolute atomic E-state index is 0.252. The lowest BCUT2D eigenvalue weighted by Gasteiger charge is -2.30. The Morgan fingerprint density at radius 3 is 2.65 bits per heavy atom. The van der Waals surface area contributed by atoms with Crippen molar-refractivity contribution in [2.45, 2.75) is 58.5 Å². The predicted octanol–water partition coefficient (Wildman–Crippen LogP) is 4.84. The van der Waals surface area contributed by atoms with Gasteiger partial charge in [-0.3, -0.25) is 4.90 Å². The van der Waals surface area contributed by atoms with Gasteiger partial charge in [0.05, 0.1) is 5.02 Å². The molecule has 20 heavy (non-hydrogen) atoms. The molecule has 2 nitrogen and oxygen atoms in total. The first-order valence-electron chi connectivity index (χ1n) is 7.78. The van der Waals surface area contributed by atoms with Gasteiger partial charge in [-0.25, -0.2) is 0 Å². The highest BCUT2D eigenvalue weighted by Crippen LogP contribution is 2.31. The van der Waals surface area contributed by atoms with E-state index in [1.165, 1.54) is 32.1 Å². The molecular weight excluding hydrogens is 270 g/mol. The van der Waals surface area contributed by atoms with Gasteiger partial charge in [-0.2, -0.15) is 0 Å². The normalized spacial score (nSPS) is 16.4. The molecule has 3 heteroatoms. The molecule has 1 aromatic rings. The van der Waals surface area contributed by atoms with E-state index >= 15 is 0 Å².